The monoisotopic (exact) mass is 399 g/mol. The normalized spacial score (nSPS) is 13.9. The van der Waals surface area contributed by atoms with Gasteiger partial charge in [0.1, 0.15) is 6.10 Å². The number of nitrogens with one attached hydrogen (secondary N) is 1. The summed E-state index contributed by atoms with van der Waals surface area (Å²) < 4.78 is 70.5. The molecule has 0 amide bonds. The van der Waals surface area contributed by atoms with Crippen molar-refractivity contribution in [3.63, 3.8) is 0 Å². The first-order chi connectivity index (χ1) is 11.1. The number of thiophene rings is 1. The lowest BCUT2D eigenvalue weighted by Gasteiger charge is -2.15. The van der Waals surface area contributed by atoms with E-state index in [9.17, 15) is 21.6 Å². The van der Waals surface area contributed by atoms with Crippen LogP contribution in [0.25, 0.3) is 0 Å². The minimum absolute atomic E-state index is 0.133. The first-order valence-electron chi connectivity index (χ1n) is 6.58. The zero-order valence-electron chi connectivity index (χ0n) is 12.3. The molecule has 0 saturated carbocycles. The van der Waals surface area contributed by atoms with Crippen LogP contribution in [0, 0.1) is 0 Å². The standard InChI is InChI=1S/C14H13ClF3NO3S2/c1-22-11(12-5-6-13(15)23-12)8-19-24(20,21)10-4-2-3-9(7-10)14(16,17)18/h2-7,11,19H,8H2,1H3/t11-/m1/s1. The van der Waals surface area contributed by atoms with Crippen molar-refractivity contribution in [2.24, 2.45) is 0 Å². The van der Waals surface area contributed by atoms with Crippen molar-refractivity contribution in [2.75, 3.05) is 13.7 Å². The lowest BCUT2D eigenvalue weighted by Crippen LogP contribution is -2.29. The van der Waals surface area contributed by atoms with Crippen molar-refractivity contribution in [3.8, 4) is 0 Å². The summed E-state index contributed by atoms with van der Waals surface area (Å²) in [4.78, 5) is 0.241. The topological polar surface area (TPSA) is 55.4 Å². The van der Waals surface area contributed by atoms with Crippen LogP contribution in [0.4, 0.5) is 13.2 Å². The zero-order chi connectivity index (χ0) is 18.0. The van der Waals surface area contributed by atoms with Crippen LogP contribution in [0.1, 0.15) is 16.5 Å². The van der Waals surface area contributed by atoms with E-state index >= 15 is 0 Å². The molecule has 1 aromatic heterocycles. The highest BCUT2D eigenvalue weighted by atomic mass is 35.5. The number of methoxy groups -OCH3 is 1. The molecule has 2 rings (SSSR count). The minimum atomic E-state index is -4.62. The molecule has 0 saturated heterocycles. The number of hydrogen-bond donors (Lipinski definition) is 1. The minimum Gasteiger partial charge on any atom is -0.375 e. The van der Waals surface area contributed by atoms with Crippen molar-refractivity contribution in [1.82, 2.24) is 4.72 Å². The molecule has 0 aliphatic heterocycles. The Balaban J connectivity index is 2.16. The van der Waals surface area contributed by atoms with Crippen LogP contribution in [0.15, 0.2) is 41.3 Å². The Labute approximate surface area is 146 Å². The van der Waals surface area contributed by atoms with Crippen LogP contribution in [0.5, 0.6) is 0 Å². The van der Waals surface area contributed by atoms with E-state index in [1.165, 1.54) is 18.4 Å². The summed E-state index contributed by atoms with van der Waals surface area (Å²) in [6.45, 7) is -0.133. The third kappa shape index (κ3) is 4.70. The van der Waals surface area contributed by atoms with E-state index in [0.29, 0.717) is 15.3 Å². The Morgan fingerprint density at radius 1 is 1.29 bits per heavy atom. The summed E-state index contributed by atoms with van der Waals surface area (Å²) >= 11 is 7.05. The third-order valence-corrected chi connectivity index (χ3v) is 5.87. The van der Waals surface area contributed by atoms with Crippen molar-refractivity contribution >= 4 is 33.0 Å². The van der Waals surface area contributed by atoms with E-state index in [1.54, 1.807) is 12.1 Å². The van der Waals surface area contributed by atoms with Gasteiger partial charge in [0.2, 0.25) is 10.0 Å². The molecule has 132 valence electrons. The molecule has 1 heterocycles. The van der Waals surface area contributed by atoms with Crippen molar-refractivity contribution in [2.45, 2.75) is 17.2 Å². The van der Waals surface area contributed by atoms with Crippen LogP contribution < -0.4 is 4.72 Å². The van der Waals surface area contributed by atoms with E-state index in [1.807, 2.05) is 0 Å². The fourth-order valence-electron chi connectivity index (χ4n) is 1.91. The molecule has 2 aromatic rings. The fourth-order valence-corrected chi connectivity index (χ4v) is 4.13. The maximum atomic E-state index is 12.7. The van der Waals surface area contributed by atoms with E-state index in [-0.39, 0.29) is 6.54 Å². The Hall–Kier alpha value is -1.13. The molecule has 1 aromatic carbocycles. The molecule has 0 radical (unpaired) electrons. The maximum Gasteiger partial charge on any atom is 0.416 e. The maximum absolute atomic E-state index is 12.7. The van der Waals surface area contributed by atoms with E-state index in [0.717, 1.165) is 18.2 Å². The zero-order valence-corrected chi connectivity index (χ0v) is 14.7. The predicted molar refractivity (Wildman–Crippen MR) is 85.7 cm³/mol. The molecule has 1 atom stereocenters. The Morgan fingerprint density at radius 3 is 2.54 bits per heavy atom. The van der Waals surface area contributed by atoms with Crippen molar-refractivity contribution in [1.29, 1.82) is 0 Å². The van der Waals surface area contributed by atoms with Crippen LogP contribution in [-0.2, 0) is 20.9 Å². The molecule has 0 unspecified atom stereocenters. The third-order valence-electron chi connectivity index (χ3n) is 3.13. The van der Waals surface area contributed by atoms with E-state index in [4.69, 9.17) is 16.3 Å². The Bertz CT molecular complexity index is 806. The molecule has 4 nitrogen and oxygen atoms in total. The van der Waals surface area contributed by atoms with Crippen molar-refractivity contribution < 1.29 is 26.3 Å². The van der Waals surface area contributed by atoms with Gasteiger partial charge in [-0.25, -0.2) is 13.1 Å². The Morgan fingerprint density at radius 2 is 2.00 bits per heavy atom. The highest BCUT2D eigenvalue weighted by Crippen LogP contribution is 2.31. The molecular formula is C14H13ClF3NO3S2. The van der Waals surface area contributed by atoms with Gasteiger partial charge in [-0.3, -0.25) is 0 Å². The van der Waals surface area contributed by atoms with Crippen LogP contribution in [0.3, 0.4) is 0 Å². The second kappa shape index (κ2) is 7.40. The number of hydrogen-bond acceptors (Lipinski definition) is 4. The quantitative estimate of drug-likeness (QED) is 0.796. The molecule has 10 heteroatoms. The van der Waals surface area contributed by atoms with Gasteiger partial charge in [-0.05, 0) is 30.3 Å². The lowest BCUT2D eigenvalue weighted by atomic mass is 10.2. The number of ether oxygens (including phenoxy) is 1. The van der Waals surface area contributed by atoms with Gasteiger partial charge < -0.3 is 4.74 Å². The van der Waals surface area contributed by atoms with Gasteiger partial charge in [0, 0.05) is 18.5 Å². The SMILES string of the molecule is CO[C@H](CNS(=O)(=O)c1cccc(C(F)(F)F)c1)c1ccc(Cl)s1. The highest BCUT2D eigenvalue weighted by molar-refractivity contribution is 7.89. The molecule has 0 fully saturated rings. The van der Waals surface area contributed by atoms with E-state index < -0.39 is 32.8 Å². The first-order valence-corrected chi connectivity index (χ1v) is 9.26. The van der Waals surface area contributed by atoms with E-state index in [2.05, 4.69) is 4.72 Å². The van der Waals surface area contributed by atoms with Gasteiger partial charge in [0.05, 0.1) is 14.8 Å². The number of benzene rings is 1. The second-order valence-corrected chi connectivity index (χ2v) is 8.26. The molecule has 0 bridgehead atoms. The summed E-state index contributed by atoms with van der Waals surface area (Å²) in [7, 11) is -2.71. The van der Waals surface area contributed by atoms with Gasteiger partial charge in [-0.1, -0.05) is 17.7 Å². The fraction of sp³-hybridized carbons (Fsp3) is 0.286. The second-order valence-electron chi connectivity index (χ2n) is 4.74. The summed E-state index contributed by atoms with van der Waals surface area (Å²) in [6.07, 6.45) is -5.21. The van der Waals surface area contributed by atoms with Gasteiger partial charge in [0.25, 0.3) is 0 Å². The predicted octanol–water partition coefficient (Wildman–Crippen LogP) is 4.09. The van der Waals surface area contributed by atoms with Crippen LogP contribution in [-0.4, -0.2) is 22.1 Å². The van der Waals surface area contributed by atoms with Gasteiger partial charge in [0.15, 0.2) is 0 Å². The largest absolute Gasteiger partial charge is 0.416 e. The van der Waals surface area contributed by atoms with Crippen molar-refractivity contribution in [3.05, 3.63) is 51.2 Å². The molecule has 24 heavy (non-hydrogen) atoms. The Kier molecular flexibility index (Phi) is 5.92. The molecule has 0 aliphatic rings. The first kappa shape index (κ1) is 19.2. The molecular weight excluding hydrogens is 387 g/mol. The van der Waals surface area contributed by atoms with Crippen LogP contribution in [0.2, 0.25) is 4.34 Å². The smallest absolute Gasteiger partial charge is 0.375 e. The number of sulfonamides is 1. The summed E-state index contributed by atoms with van der Waals surface area (Å²) in [5, 5.41) is 0. The summed E-state index contributed by atoms with van der Waals surface area (Å²) in [5.74, 6) is 0. The number of rotatable bonds is 6. The number of halogens is 4. The van der Waals surface area contributed by atoms with Gasteiger partial charge in [-0.15, -0.1) is 11.3 Å². The molecule has 1 N–H and O–H groups in total. The number of alkyl halides is 3. The molecule has 0 spiro atoms. The lowest BCUT2D eigenvalue weighted by molar-refractivity contribution is -0.137. The molecule has 0 aliphatic carbocycles. The summed E-state index contributed by atoms with van der Waals surface area (Å²) in [6, 6.07) is 6.89. The average Bonchev–Trinajstić information content (AvgIpc) is 2.93. The van der Waals surface area contributed by atoms with Crippen LogP contribution >= 0.6 is 22.9 Å². The highest BCUT2D eigenvalue weighted by Gasteiger charge is 2.31. The van der Waals surface area contributed by atoms with Gasteiger partial charge >= 0.3 is 6.18 Å². The average molecular weight is 400 g/mol. The summed E-state index contributed by atoms with van der Waals surface area (Å²) in [5.41, 5.74) is -1.03. The van der Waals surface area contributed by atoms with Gasteiger partial charge in [-0.2, -0.15) is 13.2 Å².